The molecule has 4 N–H and O–H groups in total. The maximum Gasteiger partial charge on any atom is 0.236 e. The molecule has 0 aliphatic carbocycles. The van der Waals surface area contributed by atoms with Crippen LogP contribution in [0.3, 0.4) is 0 Å². The highest BCUT2D eigenvalue weighted by Gasteiger charge is 2.17. The molecule has 1 amide bonds. The molecular formula is C9H20N2O2. The number of carbonyl (C=O) groups excluding carboxylic acids is 1. The summed E-state index contributed by atoms with van der Waals surface area (Å²) in [4.78, 5) is 11.2. The number of rotatable bonds is 5. The molecule has 0 bridgehead atoms. The van der Waals surface area contributed by atoms with Gasteiger partial charge < -0.3 is 16.2 Å². The Morgan fingerprint density at radius 2 is 2.00 bits per heavy atom. The summed E-state index contributed by atoms with van der Waals surface area (Å²) in [5.41, 5.74) is 5.41. The van der Waals surface area contributed by atoms with Crippen molar-refractivity contribution < 1.29 is 9.90 Å². The highest BCUT2D eigenvalue weighted by Crippen LogP contribution is 2.05. The first-order valence-corrected chi connectivity index (χ1v) is 4.65. The fraction of sp³-hybridized carbons (Fsp3) is 0.889. The summed E-state index contributed by atoms with van der Waals surface area (Å²) in [5, 5.41) is 11.5. The first-order valence-electron chi connectivity index (χ1n) is 4.65. The van der Waals surface area contributed by atoms with E-state index in [4.69, 9.17) is 10.8 Å². The molecule has 2 unspecified atom stereocenters. The maximum atomic E-state index is 11.2. The number of nitrogens with two attached hydrogens (primary N) is 1. The zero-order valence-electron chi connectivity index (χ0n) is 8.58. The van der Waals surface area contributed by atoms with Crippen LogP contribution in [-0.2, 0) is 4.79 Å². The van der Waals surface area contributed by atoms with Gasteiger partial charge in [0.15, 0.2) is 0 Å². The average molecular weight is 188 g/mol. The lowest BCUT2D eigenvalue weighted by molar-refractivity contribution is -0.123. The van der Waals surface area contributed by atoms with Crippen molar-refractivity contribution in [3.05, 3.63) is 0 Å². The van der Waals surface area contributed by atoms with Crippen LogP contribution in [0.25, 0.3) is 0 Å². The van der Waals surface area contributed by atoms with Crippen molar-refractivity contribution in [3.63, 3.8) is 0 Å². The molecule has 0 saturated carbocycles. The Balaban J connectivity index is 4.02. The third-order valence-electron chi connectivity index (χ3n) is 1.99. The number of carbonyl (C=O) groups is 1. The van der Waals surface area contributed by atoms with Crippen LogP contribution in [0.2, 0.25) is 0 Å². The molecule has 4 heteroatoms. The molecule has 0 aliphatic rings. The van der Waals surface area contributed by atoms with Crippen molar-refractivity contribution in [1.29, 1.82) is 0 Å². The molecule has 0 aromatic rings. The Labute approximate surface area is 79.5 Å². The third kappa shape index (κ3) is 4.85. The van der Waals surface area contributed by atoms with E-state index in [1.165, 1.54) is 0 Å². The Kier molecular flexibility index (Phi) is 5.66. The number of aliphatic hydroxyl groups is 1. The lowest BCUT2D eigenvalue weighted by Crippen LogP contribution is -2.46. The summed E-state index contributed by atoms with van der Waals surface area (Å²) in [7, 11) is 0. The lowest BCUT2D eigenvalue weighted by Gasteiger charge is -2.22. The summed E-state index contributed by atoms with van der Waals surface area (Å²) in [6.45, 7) is 5.73. The van der Waals surface area contributed by atoms with Crippen LogP contribution in [-0.4, -0.2) is 29.7 Å². The average Bonchev–Trinajstić information content (AvgIpc) is 2.03. The van der Waals surface area contributed by atoms with Gasteiger partial charge in [0, 0.05) is 12.6 Å². The minimum Gasteiger partial charge on any atom is -0.396 e. The van der Waals surface area contributed by atoms with E-state index in [-0.39, 0.29) is 18.6 Å². The number of aliphatic hydroxyl groups excluding tert-OH is 1. The number of hydrogen-bond acceptors (Lipinski definition) is 3. The molecule has 0 aliphatic heterocycles. The summed E-state index contributed by atoms with van der Waals surface area (Å²) in [6.07, 6.45) is 0.579. The number of nitrogens with one attached hydrogen (secondary N) is 1. The predicted octanol–water partition coefficient (Wildman–Crippen LogP) is -0.143. The molecule has 0 rings (SSSR count). The first-order chi connectivity index (χ1) is 5.99. The molecule has 2 atom stereocenters. The van der Waals surface area contributed by atoms with Gasteiger partial charge in [-0.1, -0.05) is 13.8 Å². The fourth-order valence-electron chi connectivity index (χ4n) is 1.03. The zero-order chi connectivity index (χ0) is 10.4. The smallest absolute Gasteiger partial charge is 0.236 e. The summed E-state index contributed by atoms with van der Waals surface area (Å²) < 4.78 is 0. The SMILES string of the molecule is CC(N)C(=O)NC(CCO)C(C)C. The van der Waals surface area contributed by atoms with Gasteiger partial charge in [0.25, 0.3) is 0 Å². The molecular weight excluding hydrogens is 168 g/mol. The first kappa shape index (κ1) is 12.4. The van der Waals surface area contributed by atoms with Crippen LogP contribution < -0.4 is 11.1 Å². The van der Waals surface area contributed by atoms with Crippen LogP contribution in [0, 0.1) is 5.92 Å². The minimum atomic E-state index is -0.486. The Bertz CT molecular complexity index is 158. The fourth-order valence-corrected chi connectivity index (χ4v) is 1.03. The van der Waals surface area contributed by atoms with Gasteiger partial charge in [-0.3, -0.25) is 4.79 Å². The molecule has 4 nitrogen and oxygen atoms in total. The molecule has 0 radical (unpaired) electrons. The topological polar surface area (TPSA) is 75.4 Å². The quantitative estimate of drug-likeness (QED) is 0.562. The second-order valence-corrected chi connectivity index (χ2v) is 3.66. The Morgan fingerprint density at radius 1 is 1.46 bits per heavy atom. The number of amides is 1. The molecule has 13 heavy (non-hydrogen) atoms. The minimum absolute atomic E-state index is 0.0171. The van der Waals surface area contributed by atoms with Crippen molar-refractivity contribution in [1.82, 2.24) is 5.32 Å². The molecule has 0 aromatic heterocycles. The predicted molar refractivity (Wildman–Crippen MR) is 52.1 cm³/mol. The third-order valence-corrected chi connectivity index (χ3v) is 1.99. The Morgan fingerprint density at radius 3 is 2.31 bits per heavy atom. The van der Waals surface area contributed by atoms with Crippen LogP contribution in [0.4, 0.5) is 0 Å². The summed E-state index contributed by atoms with van der Waals surface area (Å²) in [5.74, 6) is 0.155. The molecule has 0 aromatic carbocycles. The maximum absolute atomic E-state index is 11.2. The largest absolute Gasteiger partial charge is 0.396 e. The van der Waals surface area contributed by atoms with Crippen LogP contribution in [0.1, 0.15) is 27.2 Å². The molecule has 0 fully saturated rings. The van der Waals surface area contributed by atoms with E-state index in [0.29, 0.717) is 12.3 Å². The zero-order valence-corrected chi connectivity index (χ0v) is 8.58. The van der Waals surface area contributed by atoms with Crippen molar-refractivity contribution in [2.24, 2.45) is 11.7 Å². The van der Waals surface area contributed by atoms with E-state index < -0.39 is 6.04 Å². The monoisotopic (exact) mass is 188 g/mol. The number of hydrogen-bond donors (Lipinski definition) is 3. The normalized spacial score (nSPS) is 15.5. The van der Waals surface area contributed by atoms with Gasteiger partial charge >= 0.3 is 0 Å². The highest BCUT2D eigenvalue weighted by molar-refractivity contribution is 5.81. The van der Waals surface area contributed by atoms with Crippen LogP contribution >= 0.6 is 0 Å². The summed E-state index contributed by atoms with van der Waals surface area (Å²) in [6, 6.07) is -0.469. The molecule has 0 spiro atoms. The highest BCUT2D eigenvalue weighted by atomic mass is 16.3. The van der Waals surface area contributed by atoms with E-state index in [2.05, 4.69) is 5.32 Å². The van der Waals surface area contributed by atoms with Gasteiger partial charge in [-0.25, -0.2) is 0 Å². The van der Waals surface area contributed by atoms with Crippen molar-refractivity contribution in [2.75, 3.05) is 6.61 Å². The van der Waals surface area contributed by atoms with Gasteiger partial charge in [0.1, 0.15) is 0 Å². The van der Waals surface area contributed by atoms with Crippen molar-refractivity contribution in [3.8, 4) is 0 Å². The second kappa shape index (κ2) is 5.94. The van der Waals surface area contributed by atoms with Gasteiger partial charge in [0.2, 0.25) is 5.91 Å². The van der Waals surface area contributed by atoms with Gasteiger partial charge in [-0.15, -0.1) is 0 Å². The van der Waals surface area contributed by atoms with Gasteiger partial charge in [-0.05, 0) is 19.3 Å². The second-order valence-electron chi connectivity index (χ2n) is 3.66. The van der Waals surface area contributed by atoms with E-state index in [1.807, 2.05) is 13.8 Å². The Hall–Kier alpha value is -0.610. The standard InChI is InChI=1S/C9H20N2O2/c1-6(2)8(4-5-12)11-9(13)7(3)10/h6-8,12H,4-5,10H2,1-3H3,(H,11,13). The van der Waals surface area contributed by atoms with Crippen LogP contribution in [0.15, 0.2) is 0 Å². The molecule has 78 valence electrons. The van der Waals surface area contributed by atoms with E-state index >= 15 is 0 Å². The van der Waals surface area contributed by atoms with Gasteiger partial charge in [-0.2, -0.15) is 0 Å². The lowest BCUT2D eigenvalue weighted by atomic mass is 10.0. The van der Waals surface area contributed by atoms with E-state index in [0.717, 1.165) is 0 Å². The van der Waals surface area contributed by atoms with Gasteiger partial charge in [0.05, 0.1) is 6.04 Å². The van der Waals surface area contributed by atoms with E-state index in [9.17, 15) is 4.79 Å². The molecule has 0 saturated heterocycles. The van der Waals surface area contributed by atoms with Crippen molar-refractivity contribution >= 4 is 5.91 Å². The van der Waals surface area contributed by atoms with E-state index in [1.54, 1.807) is 6.92 Å². The van der Waals surface area contributed by atoms with Crippen LogP contribution in [0.5, 0.6) is 0 Å². The molecule has 0 heterocycles. The van der Waals surface area contributed by atoms with Crippen molar-refractivity contribution in [2.45, 2.75) is 39.3 Å². The summed E-state index contributed by atoms with van der Waals surface area (Å²) >= 11 is 0.